The SMILES string of the molecule is N#Cc1cccc(S(=O)(=O)N(Cc2ccccc2Br)c2ccc(C(O)(C(F)(F)F)C(F)(F)F)cc2)c1. The van der Waals surface area contributed by atoms with Gasteiger partial charge in [-0.2, -0.15) is 31.6 Å². The maximum absolute atomic E-state index is 13.5. The van der Waals surface area contributed by atoms with Gasteiger partial charge in [-0.1, -0.05) is 52.3 Å². The lowest BCUT2D eigenvalue weighted by molar-refractivity contribution is -0.376. The summed E-state index contributed by atoms with van der Waals surface area (Å²) in [7, 11) is -4.45. The summed E-state index contributed by atoms with van der Waals surface area (Å²) in [6.07, 6.45) is -12.2. The predicted octanol–water partition coefficient (Wildman–Crippen LogP) is 6.03. The summed E-state index contributed by atoms with van der Waals surface area (Å²) in [5.41, 5.74) is -6.51. The van der Waals surface area contributed by atoms with Gasteiger partial charge in [0, 0.05) is 10.0 Å². The second-order valence-corrected chi connectivity index (χ2v) is 10.2. The van der Waals surface area contributed by atoms with Gasteiger partial charge in [-0.25, -0.2) is 8.42 Å². The molecule has 0 unspecified atom stereocenters. The monoisotopic (exact) mass is 592 g/mol. The molecule has 0 fully saturated rings. The van der Waals surface area contributed by atoms with Crippen LogP contribution >= 0.6 is 15.9 Å². The molecule has 3 rings (SSSR count). The van der Waals surface area contributed by atoms with Crippen LogP contribution in [0.2, 0.25) is 0 Å². The second-order valence-electron chi connectivity index (χ2n) is 7.50. The zero-order valence-corrected chi connectivity index (χ0v) is 20.2. The number of nitrogens with zero attached hydrogens (tertiary/aromatic N) is 2. The number of sulfonamides is 1. The highest BCUT2D eigenvalue weighted by Gasteiger charge is 2.71. The van der Waals surface area contributed by atoms with E-state index in [0.717, 1.165) is 22.5 Å². The van der Waals surface area contributed by atoms with Gasteiger partial charge in [0.05, 0.1) is 28.8 Å². The smallest absolute Gasteiger partial charge is 0.369 e. The average molecular weight is 593 g/mol. The molecule has 0 aromatic heterocycles. The first-order valence-corrected chi connectivity index (χ1v) is 12.1. The number of nitriles is 1. The van der Waals surface area contributed by atoms with E-state index in [1.165, 1.54) is 18.2 Å². The number of rotatable bonds is 6. The van der Waals surface area contributed by atoms with Gasteiger partial charge in [0.15, 0.2) is 0 Å². The van der Waals surface area contributed by atoms with E-state index in [9.17, 15) is 39.9 Å². The van der Waals surface area contributed by atoms with Crippen molar-refractivity contribution in [3.8, 4) is 6.07 Å². The van der Waals surface area contributed by atoms with Crippen molar-refractivity contribution in [2.45, 2.75) is 29.4 Å². The fraction of sp³-hybridized carbons (Fsp3) is 0.174. The van der Waals surface area contributed by atoms with Crippen LogP contribution in [0.5, 0.6) is 0 Å². The van der Waals surface area contributed by atoms with E-state index in [1.54, 1.807) is 30.3 Å². The van der Waals surface area contributed by atoms with Gasteiger partial charge in [-0.3, -0.25) is 4.31 Å². The minimum absolute atomic E-state index is 0.0210. The third kappa shape index (κ3) is 5.07. The molecule has 3 aromatic rings. The summed E-state index contributed by atoms with van der Waals surface area (Å²) in [5, 5.41) is 18.8. The summed E-state index contributed by atoms with van der Waals surface area (Å²) < 4.78 is 108. The Balaban J connectivity index is 2.17. The number of halogens is 7. The van der Waals surface area contributed by atoms with E-state index in [4.69, 9.17) is 5.26 Å². The molecule has 5 nitrogen and oxygen atoms in total. The molecule has 0 radical (unpaired) electrons. The van der Waals surface area contributed by atoms with Gasteiger partial charge in [-0.15, -0.1) is 0 Å². The highest BCUT2D eigenvalue weighted by atomic mass is 79.9. The van der Waals surface area contributed by atoms with Gasteiger partial charge >= 0.3 is 12.4 Å². The van der Waals surface area contributed by atoms with E-state index in [2.05, 4.69) is 15.9 Å². The third-order valence-electron chi connectivity index (χ3n) is 5.22. The van der Waals surface area contributed by atoms with Gasteiger partial charge in [0.25, 0.3) is 15.6 Å². The first-order chi connectivity index (χ1) is 16.6. The van der Waals surface area contributed by atoms with Gasteiger partial charge in [0.2, 0.25) is 0 Å². The minimum atomic E-state index is -6.09. The Labute approximate surface area is 210 Å². The Morgan fingerprint density at radius 2 is 1.47 bits per heavy atom. The van der Waals surface area contributed by atoms with Gasteiger partial charge < -0.3 is 5.11 Å². The van der Waals surface area contributed by atoms with Crippen LogP contribution in [-0.2, 0) is 22.2 Å². The van der Waals surface area contributed by atoms with E-state index in [0.29, 0.717) is 22.2 Å². The lowest BCUT2D eigenvalue weighted by atomic mass is 9.92. The number of alkyl halides is 6. The fourth-order valence-electron chi connectivity index (χ4n) is 3.31. The predicted molar refractivity (Wildman–Crippen MR) is 121 cm³/mol. The van der Waals surface area contributed by atoms with E-state index >= 15 is 0 Å². The zero-order valence-electron chi connectivity index (χ0n) is 17.8. The molecule has 0 saturated carbocycles. The first kappa shape index (κ1) is 27.5. The summed E-state index contributed by atoms with van der Waals surface area (Å²) in [6, 6.07) is 15.4. The molecule has 0 aliphatic carbocycles. The Morgan fingerprint density at radius 1 is 0.889 bits per heavy atom. The Kier molecular flexibility index (Phi) is 7.46. The molecule has 13 heteroatoms. The van der Waals surface area contributed by atoms with E-state index in [1.807, 2.05) is 0 Å². The van der Waals surface area contributed by atoms with Crippen molar-refractivity contribution in [1.82, 2.24) is 0 Å². The molecule has 0 spiro atoms. The van der Waals surface area contributed by atoms with E-state index < -0.39 is 33.5 Å². The van der Waals surface area contributed by atoms with Crippen LogP contribution in [0.15, 0.2) is 82.2 Å². The molecule has 0 saturated heterocycles. The lowest BCUT2D eigenvalue weighted by Gasteiger charge is -2.33. The normalized spacial score (nSPS) is 12.8. The van der Waals surface area contributed by atoms with Crippen LogP contribution in [0.3, 0.4) is 0 Å². The standard InChI is InChI=1S/C23H15BrF6N2O3S/c24-20-7-2-1-5-16(20)14-32(36(34,35)19-6-3-4-15(12-19)13-31)18-10-8-17(9-11-18)21(33,22(25,26)27)23(28,29)30/h1-12,33H,14H2. The number of hydrogen-bond donors (Lipinski definition) is 1. The van der Waals surface area contributed by atoms with Gasteiger partial charge in [-0.05, 0) is 42.0 Å². The van der Waals surface area contributed by atoms with Crippen molar-refractivity contribution in [1.29, 1.82) is 5.26 Å². The quantitative estimate of drug-likeness (QED) is 0.354. The number of benzene rings is 3. The lowest BCUT2D eigenvalue weighted by Crippen LogP contribution is -2.53. The van der Waals surface area contributed by atoms with Crippen LogP contribution in [-0.4, -0.2) is 25.9 Å². The Bertz CT molecular complexity index is 1390. The summed E-state index contributed by atoms with van der Waals surface area (Å²) in [5.74, 6) is 0. The molecule has 190 valence electrons. The Hall–Kier alpha value is -3.08. The number of aliphatic hydroxyl groups is 1. The van der Waals surface area contributed by atoms with Crippen molar-refractivity contribution in [2.24, 2.45) is 0 Å². The molecule has 1 N–H and O–H groups in total. The summed E-state index contributed by atoms with van der Waals surface area (Å²) >= 11 is 3.28. The van der Waals surface area contributed by atoms with Crippen LogP contribution in [0.25, 0.3) is 0 Å². The first-order valence-electron chi connectivity index (χ1n) is 9.85. The van der Waals surface area contributed by atoms with E-state index in [-0.39, 0.29) is 22.7 Å². The highest BCUT2D eigenvalue weighted by molar-refractivity contribution is 9.10. The van der Waals surface area contributed by atoms with Crippen LogP contribution in [0, 0.1) is 11.3 Å². The summed E-state index contributed by atoms with van der Waals surface area (Å²) in [6.45, 7) is -0.358. The van der Waals surface area contributed by atoms with Crippen molar-refractivity contribution >= 4 is 31.6 Å². The van der Waals surface area contributed by atoms with Crippen molar-refractivity contribution in [3.63, 3.8) is 0 Å². The molecule has 0 aliphatic heterocycles. The molecule has 0 atom stereocenters. The van der Waals surface area contributed by atoms with Crippen molar-refractivity contribution < 1.29 is 39.9 Å². The molecule has 0 heterocycles. The zero-order chi connectivity index (χ0) is 26.9. The second kappa shape index (κ2) is 9.76. The number of anilines is 1. The highest BCUT2D eigenvalue weighted by Crippen LogP contribution is 2.50. The van der Waals surface area contributed by atoms with Crippen LogP contribution < -0.4 is 4.31 Å². The molecule has 36 heavy (non-hydrogen) atoms. The average Bonchev–Trinajstić information content (AvgIpc) is 2.81. The maximum atomic E-state index is 13.5. The molecule has 0 aliphatic rings. The fourth-order valence-corrected chi connectivity index (χ4v) is 5.21. The number of hydrogen-bond acceptors (Lipinski definition) is 4. The van der Waals surface area contributed by atoms with Crippen LogP contribution in [0.1, 0.15) is 16.7 Å². The Morgan fingerprint density at radius 3 is 2.00 bits per heavy atom. The molecule has 3 aromatic carbocycles. The van der Waals surface area contributed by atoms with Gasteiger partial charge in [0.1, 0.15) is 0 Å². The largest absolute Gasteiger partial charge is 0.430 e. The maximum Gasteiger partial charge on any atom is 0.430 e. The summed E-state index contributed by atoms with van der Waals surface area (Å²) in [4.78, 5) is -0.320. The molecular formula is C23H15BrF6N2O3S. The van der Waals surface area contributed by atoms with Crippen molar-refractivity contribution in [3.05, 3.63) is 94.0 Å². The molecule has 0 amide bonds. The topological polar surface area (TPSA) is 81.4 Å². The minimum Gasteiger partial charge on any atom is -0.369 e. The molecule has 0 bridgehead atoms. The third-order valence-corrected chi connectivity index (χ3v) is 7.76. The van der Waals surface area contributed by atoms with Crippen LogP contribution in [0.4, 0.5) is 32.0 Å². The van der Waals surface area contributed by atoms with Crippen molar-refractivity contribution in [2.75, 3.05) is 4.31 Å². The molecular weight excluding hydrogens is 578 g/mol.